The van der Waals surface area contributed by atoms with Gasteiger partial charge in [0.1, 0.15) is 18.1 Å². The monoisotopic (exact) mass is 484 g/mol. The predicted octanol–water partition coefficient (Wildman–Crippen LogP) is 5.00. The standard InChI is InChI=1S/C26H29FN2O4S/c1-4-25(20-8-6-19(3)7-9-20)28-26(30)18-29(22-12-14-23(15-13-22)33-5-2)34(31,32)24-16-10-21(27)11-17-24/h6-17,25H,4-5,18H2,1-3H3,(H,28,30)/t25-/m1/s1. The SMILES string of the molecule is CCOc1ccc(N(CC(=O)N[C@H](CC)c2ccc(C)cc2)S(=O)(=O)c2ccc(F)cc2)cc1. The number of hydrogen-bond acceptors (Lipinski definition) is 4. The predicted molar refractivity (Wildman–Crippen MR) is 131 cm³/mol. The van der Waals surface area contributed by atoms with Gasteiger partial charge in [0, 0.05) is 0 Å². The number of rotatable bonds is 10. The van der Waals surface area contributed by atoms with Crippen LogP contribution in [0.5, 0.6) is 5.75 Å². The van der Waals surface area contributed by atoms with Crippen LogP contribution in [0.1, 0.15) is 37.4 Å². The molecule has 34 heavy (non-hydrogen) atoms. The Morgan fingerprint density at radius 2 is 1.59 bits per heavy atom. The van der Waals surface area contributed by atoms with E-state index in [1.54, 1.807) is 24.3 Å². The van der Waals surface area contributed by atoms with Gasteiger partial charge in [0.05, 0.1) is 23.2 Å². The first-order valence-electron chi connectivity index (χ1n) is 11.1. The van der Waals surface area contributed by atoms with Crippen LogP contribution in [0.2, 0.25) is 0 Å². The molecule has 0 aliphatic carbocycles. The Kier molecular flexibility index (Phi) is 8.28. The van der Waals surface area contributed by atoms with Crippen LogP contribution in [-0.2, 0) is 14.8 Å². The molecule has 1 N–H and O–H groups in total. The molecule has 3 aromatic rings. The number of amides is 1. The summed E-state index contributed by atoms with van der Waals surface area (Å²) in [6.45, 7) is 5.82. The molecule has 0 spiro atoms. The van der Waals surface area contributed by atoms with E-state index in [1.165, 1.54) is 12.1 Å². The van der Waals surface area contributed by atoms with Crippen molar-refractivity contribution >= 4 is 21.6 Å². The molecule has 0 aliphatic heterocycles. The average molecular weight is 485 g/mol. The lowest BCUT2D eigenvalue weighted by Crippen LogP contribution is -2.42. The van der Waals surface area contributed by atoms with Crippen molar-refractivity contribution in [2.45, 2.75) is 38.1 Å². The molecule has 0 fully saturated rings. The number of carbonyl (C=O) groups is 1. The van der Waals surface area contributed by atoms with Crippen LogP contribution in [0.15, 0.2) is 77.7 Å². The number of hydrogen-bond donors (Lipinski definition) is 1. The van der Waals surface area contributed by atoms with Gasteiger partial charge < -0.3 is 10.1 Å². The molecular formula is C26H29FN2O4S. The first-order valence-corrected chi connectivity index (χ1v) is 12.6. The van der Waals surface area contributed by atoms with Crippen LogP contribution in [0.4, 0.5) is 10.1 Å². The molecule has 0 saturated carbocycles. The highest BCUT2D eigenvalue weighted by molar-refractivity contribution is 7.92. The second kappa shape index (κ2) is 11.2. The highest BCUT2D eigenvalue weighted by atomic mass is 32.2. The molecule has 6 nitrogen and oxygen atoms in total. The van der Waals surface area contributed by atoms with Crippen LogP contribution >= 0.6 is 0 Å². The van der Waals surface area contributed by atoms with Gasteiger partial charge in [0.25, 0.3) is 10.0 Å². The number of nitrogens with one attached hydrogen (secondary N) is 1. The van der Waals surface area contributed by atoms with E-state index in [0.717, 1.165) is 27.6 Å². The second-order valence-electron chi connectivity index (χ2n) is 7.83. The van der Waals surface area contributed by atoms with Gasteiger partial charge in [0.2, 0.25) is 5.91 Å². The summed E-state index contributed by atoms with van der Waals surface area (Å²) >= 11 is 0. The van der Waals surface area contributed by atoms with Crippen LogP contribution in [0, 0.1) is 12.7 Å². The Balaban J connectivity index is 1.90. The lowest BCUT2D eigenvalue weighted by atomic mass is 10.0. The molecule has 0 heterocycles. The summed E-state index contributed by atoms with van der Waals surface area (Å²) in [5, 5.41) is 2.94. The zero-order valence-electron chi connectivity index (χ0n) is 19.5. The van der Waals surface area contributed by atoms with Gasteiger partial charge in [-0.1, -0.05) is 36.8 Å². The summed E-state index contributed by atoms with van der Waals surface area (Å²) in [5.74, 6) is -0.416. The van der Waals surface area contributed by atoms with Gasteiger partial charge in [-0.25, -0.2) is 12.8 Å². The molecule has 1 amide bonds. The lowest BCUT2D eigenvalue weighted by Gasteiger charge is -2.26. The van der Waals surface area contributed by atoms with Crippen molar-refractivity contribution in [2.24, 2.45) is 0 Å². The summed E-state index contributed by atoms with van der Waals surface area (Å²) in [4.78, 5) is 12.9. The number of nitrogens with zero attached hydrogens (tertiary/aromatic N) is 1. The molecule has 1 atom stereocenters. The number of halogens is 1. The molecule has 0 aromatic heterocycles. The van der Waals surface area contributed by atoms with Gasteiger partial charge in [-0.15, -0.1) is 0 Å². The minimum absolute atomic E-state index is 0.110. The maximum atomic E-state index is 13.4. The molecule has 0 aliphatic rings. The van der Waals surface area contributed by atoms with E-state index in [4.69, 9.17) is 4.74 Å². The molecule has 0 radical (unpaired) electrons. The number of carbonyl (C=O) groups excluding carboxylic acids is 1. The van der Waals surface area contributed by atoms with E-state index < -0.39 is 28.3 Å². The topological polar surface area (TPSA) is 75.7 Å². The first-order chi connectivity index (χ1) is 16.2. The Morgan fingerprint density at radius 3 is 2.15 bits per heavy atom. The summed E-state index contributed by atoms with van der Waals surface area (Å²) < 4.78 is 46.8. The van der Waals surface area contributed by atoms with Gasteiger partial charge in [-0.2, -0.15) is 0 Å². The quantitative estimate of drug-likeness (QED) is 0.440. The number of aryl methyl sites for hydroxylation is 1. The average Bonchev–Trinajstić information content (AvgIpc) is 2.83. The minimum Gasteiger partial charge on any atom is -0.494 e. The van der Waals surface area contributed by atoms with Gasteiger partial charge >= 0.3 is 0 Å². The molecular weight excluding hydrogens is 455 g/mol. The van der Waals surface area contributed by atoms with E-state index >= 15 is 0 Å². The van der Waals surface area contributed by atoms with Crippen LogP contribution in [-0.4, -0.2) is 27.5 Å². The van der Waals surface area contributed by atoms with Crippen molar-refractivity contribution in [1.82, 2.24) is 5.32 Å². The van der Waals surface area contributed by atoms with Crippen LogP contribution in [0.25, 0.3) is 0 Å². The summed E-state index contributed by atoms with van der Waals surface area (Å²) in [7, 11) is -4.14. The van der Waals surface area contributed by atoms with E-state index in [2.05, 4.69) is 5.32 Å². The van der Waals surface area contributed by atoms with Crippen molar-refractivity contribution in [2.75, 3.05) is 17.5 Å². The van der Waals surface area contributed by atoms with E-state index in [1.807, 2.05) is 45.0 Å². The van der Waals surface area contributed by atoms with Crippen molar-refractivity contribution in [1.29, 1.82) is 0 Å². The molecule has 180 valence electrons. The van der Waals surface area contributed by atoms with E-state index in [9.17, 15) is 17.6 Å². The Hall–Kier alpha value is -3.39. The lowest BCUT2D eigenvalue weighted by molar-refractivity contribution is -0.120. The Bertz CT molecular complexity index is 1200. The molecule has 0 bridgehead atoms. The third kappa shape index (κ3) is 6.14. The molecule has 3 aromatic carbocycles. The zero-order chi connectivity index (χ0) is 24.7. The summed E-state index contributed by atoms with van der Waals surface area (Å²) in [6.07, 6.45) is 0.641. The minimum atomic E-state index is -4.14. The maximum absolute atomic E-state index is 13.4. The number of anilines is 1. The fourth-order valence-corrected chi connectivity index (χ4v) is 4.94. The normalized spacial score (nSPS) is 12.1. The highest BCUT2D eigenvalue weighted by Gasteiger charge is 2.28. The van der Waals surface area contributed by atoms with Gasteiger partial charge in [0.15, 0.2) is 0 Å². The molecule has 8 heteroatoms. The molecule has 0 unspecified atom stereocenters. The van der Waals surface area contributed by atoms with Crippen molar-refractivity contribution in [3.8, 4) is 5.75 Å². The number of sulfonamides is 1. The van der Waals surface area contributed by atoms with Crippen molar-refractivity contribution < 1.29 is 22.3 Å². The molecule has 3 rings (SSSR count). The third-order valence-corrected chi connectivity index (χ3v) is 7.14. The Morgan fingerprint density at radius 1 is 0.971 bits per heavy atom. The fraction of sp³-hybridized carbons (Fsp3) is 0.269. The van der Waals surface area contributed by atoms with Gasteiger partial charge in [-0.3, -0.25) is 9.10 Å². The van der Waals surface area contributed by atoms with Gasteiger partial charge in [-0.05, 0) is 74.4 Å². The molecule has 0 saturated heterocycles. The van der Waals surface area contributed by atoms with Crippen molar-refractivity contribution in [3.63, 3.8) is 0 Å². The smallest absolute Gasteiger partial charge is 0.264 e. The zero-order valence-corrected chi connectivity index (χ0v) is 20.3. The fourth-order valence-electron chi connectivity index (χ4n) is 3.51. The second-order valence-corrected chi connectivity index (χ2v) is 9.69. The maximum Gasteiger partial charge on any atom is 0.264 e. The van der Waals surface area contributed by atoms with Crippen LogP contribution in [0.3, 0.4) is 0 Å². The highest BCUT2D eigenvalue weighted by Crippen LogP contribution is 2.26. The van der Waals surface area contributed by atoms with Crippen molar-refractivity contribution in [3.05, 3.63) is 89.7 Å². The third-order valence-electron chi connectivity index (χ3n) is 5.35. The largest absolute Gasteiger partial charge is 0.494 e. The number of benzene rings is 3. The van der Waals surface area contributed by atoms with E-state index in [-0.39, 0.29) is 10.9 Å². The Labute approximate surface area is 200 Å². The van der Waals surface area contributed by atoms with Crippen LogP contribution < -0.4 is 14.4 Å². The summed E-state index contributed by atoms with van der Waals surface area (Å²) in [5.41, 5.74) is 2.35. The van der Waals surface area contributed by atoms with E-state index in [0.29, 0.717) is 24.5 Å². The summed E-state index contributed by atoms with van der Waals surface area (Å²) in [6, 6.07) is 18.5. The first kappa shape index (κ1) is 25.2. The number of ether oxygens (including phenoxy) is 1.